The molecule has 0 fully saturated rings. The summed E-state index contributed by atoms with van der Waals surface area (Å²) in [6.07, 6.45) is 1.59. The minimum atomic E-state index is 0.368. The predicted molar refractivity (Wildman–Crippen MR) is 62.3 cm³/mol. The molecular weight excluding hydrogens is 216 g/mol. The van der Waals surface area contributed by atoms with Crippen molar-refractivity contribution in [2.45, 2.75) is 20.4 Å². The van der Waals surface area contributed by atoms with Crippen LogP contribution in [0, 0.1) is 25.2 Å². The Balaban J connectivity index is 2.10. The maximum Gasteiger partial charge on any atom is 0.213 e. The smallest absolute Gasteiger partial charge is 0.213 e. The lowest BCUT2D eigenvalue weighted by molar-refractivity contribution is 0.478. The number of hydrogen-bond acceptors (Lipinski definition) is 5. The minimum Gasteiger partial charge on any atom is -0.444 e. The first kappa shape index (κ1) is 11.1. The molecule has 0 saturated carbocycles. The van der Waals surface area contributed by atoms with Crippen molar-refractivity contribution >= 4 is 5.69 Å². The molecule has 0 saturated heterocycles. The number of nitriles is 1. The Labute approximate surface area is 99.1 Å². The van der Waals surface area contributed by atoms with E-state index in [0.717, 1.165) is 11.5 Å². The highest BCUT2D eigenvalue weighted by molar-refractivity contribution is 5.53. The summed E-state index contributed by atoms with van der Waals surface area (Å²) in [6, 6.07) is 5.60. The van der Waals surface area contributed by atoms with E-state index < -0.39 is 0 Å². The van der Waals surface area contributed by atoms with E-state index in [9.17, 15) is 0 Å². The molecule has 0 aliphatic carbocycles. The summed E-state index contributed by atoms with van der Waals surface area (Å²) in [4.78, 5) is 8.21. The van der Waals surface area contributed by atoms with Crippen molar-refractivity contribution in [1.29, 1.82) is 5.26 Å². The van der Waals surface area contributed by atoms with Crippen molar-refractivity contribution in [2.24, 2.45) is 0 Å². The summed E-state index contributed by atoms with van der Waals surface area (Å²) < 4.78 is 5.43. The molecule has 17 heavy (non-hydrogen) atoms. The topological polar surface area (TPSA) is 74.7 Å². The molecule has 2 heterocycles. The number of rotatable bonds is 3. The molecule has 5 heteroatoms. The summed E-state index contributed by atoms with van der Waals surface area (Å²) >= 11 is 0. The fourth-order valence-corrected chi connectivity index (χ4v) is 1.42. The maximum absolute atomic E-state index is 8.87. The molecule has 0 aliphatic heterocycles. The molecule has 0 spiro atoms. The number of oxazole rings is 1. The molecule has 1 N–H and O–H groups in total. The highest BCUT2D eigenvalue weighted by Crippen LogP contribution is 2.13. The standard InChI is InChI=1S/C12H12N4O/c1-8-9(2)17-12(16-8)7-15-10-4-3-5-14-11(10)6-13/h3-5,15H,7H2,1-2H3. The van der Waals surface area contributed by atoms with Gasteiger partial charge in [0.05, 0.1) is 17.9 Å². The van der Waals surface area contributed by atoms with Crippen LogP contribution in [0.5, 0.6) is 0 Å². The van der Waals surface area contributed by atoms with Gasteiger partial charge in [0.25, 0.3) is 0 Å². The first-order valence-corrected chi connectivity index (χ1v) is 5.22. The van der Waals surface area contributed by atoms with E-state index in [0.29, 0.717) is 23.8 Å². The average Bonchev–Trinajstić information content (AvgIpc) is 2.66. The van der Waals surface area contributed by atoms with Gasteiger partial charge in [-0.05, 0) is 26.0 Å². The monoisotopic (exact) mass is 228 g/mol. The zero-order chi connectivity index (χ0) is 12.3. The quantitative estimate of drug-likeness (QED) is 0.871. The van der Waals surface area contributed by atoms with Crippen molar-refractivity contribution in [1.82, 2.24) is 9.97 Å². The molecule has 0 amide bonds. The lowest BCUT2D eigenvalue weighted by atomic mass is 10.3. The lowest BCUT2D eigenvalue weighted by Gasteiger charge is -2.04. The van der Waals surface area contributed by atoms with E-state index in [-0.39, 0.29) is 0 Å². The summed E-state index contributed by atoms with van der Waals surface area (Å²) in [5.74, 6) is 1.42. The van der Waals surface area contributed by atoms with Crippen LogP contribution in [-0.4, -0.2) is 9.97 Å². The second-order valence-electron chi connectivity index (χ2n) is 3.61. The van der Waals surface area contributed by atoms with Gasteiger partial charge in [-0.25, -0.2) is 9.97 Å². The summed E-state index contributed by atoms with van der Waals surface area (Å²) in [6.45, 7) is 4.21. The van der Waals surface area contributed by atoms with Crippen LogP contribution in [0.2, 0.25) is 0 Å². The molecule has 86 valence electrons. The number of aromatic nitrogens is 2. The SMILES string of the molecule is Cc1nc(CNc2cccnc2C#N)oc1C. The Bertz CT molecular complexity index is 549. The molecule has 0 radical (unpaired) electrons. The van der Waals surface area contributed by atoms with Gasteiger partial charge >= 0.3 is 0 Å². The van der Waals surface area contributed by atoms with Gasteiger partial charge < -0.3 is 9.73 Å². The zero-order valence-corrected chi connectivity index (χ0v) is 9.69. The van der Waals surface area contributed by atoms with Crippen LogP contribution in [0.1, 0.15) is 23.0 Å². The van der Waals surface area contributed by atoms with Gasteiger partial charge in [-0.15, -0.1) is 0 Å². The predicted octanol–water partition coefficient (Wildman–Crippen LogP) is 2.17. The van der Waals surface area contributed by atoms with Crippen molar-refractivity contribution in [3.05, 3.63) is 41.4 Å². The minimum absolute atomic E-state index is 0.368. The Hall–Kier alpha value is -2.35. The normalized spacial score (nSPS) is 9.94. The Kier molecular flexibility index (Phi) is 3.06. The van der Waals surface area contributed by atoms with Gasteiger partial charge in [0.2, 0.25) is 5.89 Å². The van der Waals surface area contributed by atoms with Crippen LogP contribution in [0.25, 0.3) is 0 Å². The van der Waals surface area contributed by atoms with E-state index in [1.807, 2.05) is 19.9 Å². The highest BCUT2D eigenvalue weighted by atomic mass is 16.4. The molecule has 5 nitrogen and oxygen atoms in total. The van der Waals surface area contributed by atoms with Crippen LogP contribution in [-0.2, 0) is 6.54 Å². The third-order valence-electron chi connectivity index (χ3n) is 2.42. The number of nitrogens with zero attached hydrogens (tertiary/aromatic N) is 3. The van der Waals surface area contributed by atoms with Gasteiger partial charge in [0.15, 0.2) is 5.69 Å². The number of hydrogen-bond donors (Lipinski definition) is 1. The first-order chi connectivity index (χ1) is 8.20. The van der Waals surface area contributed by atoms with Crippen LogP contribution >= 0.6 is 0 Å². The number of nitrogens with one attached hydrogen (secondary N) is 1. The van der Waals surface area contributed by atoms with Crippen LogP contribution in [0.3, 0.4) is 0 Å². The fraction of sp³-hybridized carbons (Fsp3) is 0.250. The molecule has 0 aliphatic rings. The maximum atomic E-state index is 8.87. The average molecular weight is 228 g/mol. The second-order valence-corrected chi connectivity index (χ2v) is 3.61. The largest absolute Gasteiger partial charge is 0.444 e. The molecule has 2 aromatic heterocycles. The zero-order valence-electron chi connectivity index (χ0n) is 9.69. The van der Waals surface area contributed by atoms with Crippen LogP contribution < -0.4 is 5.32 Å². The Morgan fingerprint density at radius 3 is 2.94 bits per heavy atom. The fourth-order valence-electron chi connectivity index (χ4n) is 1.42. The summed E-state index contributed by atoms with van der Waals surface area (Å²) in [7, 11) is 0. The summed E-state index contributed by atoms with van der Waals surface area (Å²) in [5, 5.41) is 12.0. The molecular formula is C12H12N4O. The van der Waals surface area contributed by atoms with Gasteiger partial charge in [-0.1, -0.05) is 0 Å². The molecule has 0 unspecified atom stereocenters. The molecule has 2 rings (SSSR count). The number of pyridine rings is 1. The van der Waals surface area contributed by atoms with Crippen LogP contribution in [0.4, 0.5) is 5.69 Å². The van der Waals surface area contributed by atoms with E-state index in [4.69, 9.17) is 9.68 Å². The van der Waals surface area contributed by atoms with E-state index in [1.54, 1.807) is 18.3 Å². The Morgan fingerprint density at radius 1 is 1.47 bits per heavy atom. The van der Waals surface area contributed by atoms with E-state index in [1.165, 1.54) is 0 Å². The lowest BCUT2D eigenvalue weighted by Crippen LogP contribution is -2.02. The van der Waals surface area contributed by atoms with Gasteiger partial charge in [0.1, 0.15) is 11.8 Å². The van der Waals surface area contributed by atoms with Gasteiger partial charge in [-0.2, -0.15) is 5.26 Å². The third kappa shape index (κ3) is 2.42. The van der Waals surface area contributed by atoms with Crippen molar-refractivity contribution in [3.8, 4) is 6.07 Å². The number of anilines is 1. The first-order valence-electron chi connectivity index (χ1n) is 5.22. The summed E-state index contributed by atoms with van der Waals surface area (Å²) in [5.41, 5.74) is 1.93. The molecule has 0 bridgehead atoms. The van der Waals surface area contributed by atoms with Crippen molar-refractivity contribution < 1.29 is 4.42 Å². The highest BCUT2D eigenvalue weighted by Gasteiger charge is 2.06. The number of aryl methyl sites for hydroxylation is 2. The molecule has 2 aromatic rings. The van der Waals surface area contributed by atoms with Crippen molar-refractivity contribution in [3.63, 3.8) is 0 Å². The van der Waals surface area contributed by atoms with Gasteiger partial charge in [0, 0.05) is 6.20 Å². The van der Waals surface area contributed by atoms with Gasteiger partial charge in [-0.3, -0.25) is 0 Å². The molecule has 0 atom stereocenters. The third-order valence-corrected chi connectivity index (χ3v) is 2.42. The van der Waals surface area contributed by atoms with E-state index in [2.05, 4.69) is 15.3 Å². The van der Waals surface area contributed by atoms with E-state index >= 15 is 0 Å². The Morgan fingerprint density at radius 2 is 2.29 bits per heavy atom. The van der Waals surface area contributed by atoms with Crippen molar-refractivity contribution in [2.75, 3.05) is 5.32 Å². The molecule has 0 aromatic carbocycles. The second kappa shape index (κ2) is 4.66. The van der Waals surface area contributed by atoms with Crippen LogP contribution in [0.15, 0.2) is 22.7 Å².